The van der Waals surface area contributed by atoms with Crippen molar-refractivity contribution in [1.29, 1.82) is 0 Å². The molecule has 0 spiro atoms. The molecule has 122 valence electrons. The van der Waals surface area contributed by atoms with E-state index in [9.17, 15) is 9.59 Å². The molecule has 0 atom stereocenters. The molecule has 2 fully saturated rings. The number of halogens is 1. The minimum atomic E-state index is -0.709. The van der Waals surface area contributed by atoms with Gasteiger partial charge < -0.3 is 4.84 Å². The van der Waals surface area contributed by atoms with Crippen molar-refractivity contribution in [3.8, 4) is 0 Å². The molecule has 0 N–H and O–H groups in total. The van der Waals surface area contributed by atoms with Crippen LogP contribution in [0.5, 0.6) is 0 Å². The lowest BCUT2D eigenvalue weighted by Crippen LogP contribution is -2.41. The quantitative estimate of drug-likeness (QED) is 0.307. The van der Waals surface area contributed by atoms with E-state index in [1.54, 1.807) is 17.8 Å². The van der Waals surface area contributed by atoms with Crippen LogP contribution < -0.4 is 0 Å². The first-order valence-electron chi connectivity index (χ1n) is 7.62. The summed E-state index contributed by atoms with van der Waals surface area (Å²) in [5, 5.41) is 3.99. The van der Waals surface area contributed by atoms with Gasteiger partial charge in [0, 0.05) is 23.1 Å². The van der Waals surface area contributed by atoms with Crippen molar-refractivity contribution >= 4 is 40.6 Å². The summed E-state index contributed by atoms with van der Waals surface area (Å²) in [6, 6.07) is 0. The fraction of sp³-hybridized carbons (Fsp3) is 0.688. The number of oxime groups is 1. The van der Waals surface area contributed by atoms with Crippen molar-refractivity contribution in [1.82, 2.24) is 0 Å². The van der Waals surface area contributed by atoms with Gasteiger partial charge in [-0.05, 0) is 37.5 Å². The molecule has 0 amide bonds. The van der Waals surface area contributed by atoms with Gasteiger partial charge in [0.1, 0.15) is 24.1 Å². The number of nitrogens with zero attached hydrogens (tertiary/aromatic N) is 1. The van der Waals surface area contributed by atoms with Gasteiger partial charge in [0.05, 0.1) is 5.71 Å². The zero-order valence-corrected chi connectivity index (χ0v) is 14.6. The first-order valence-corrected chi connectivity index (χ1v) is 9.28. The number of rotatable bonds is 7. The highest BCUT2D eigenvalue weighted by atomic mass is 35.5. The number of Topliss-reactive ketones (excluding diaryl/α,β-unsaturated/α-hetero) is 2. The van der Waals surface area contributed by atoms with Gasteiger partial charge in [0.25, 0.3) is 0 Å². The summed E-state index contributed by atoms with van der Waals surface area (Å²) in [4.78, 5) is 30.1. The molecule has 4 nitrogen and oxygen atoms in total. The topological polar surface area (TPSA) is 55.7 Å². The molecule has 0 aromatic carbocycles. The van der Waals surface area contributed by atoms with E-state index < -0.39 is 5.92 Å². The molecule has 0 aromatic rings. The molecule has 0 heterocycles. The van der Waals surface area contributed by atoms with Crippen LogP contribution in [0.1, 0.15) is 39.0 Å². The van der Waals surface area contributed by atoms with Crippen LogP contribution in [0.3, 0.4) is 0 Å². The Morgan fingerprint density at radius 3 is 2.50 bits per heavy atom. The summed E-state index contributed by atoms with van der Waals surface area (Å²) in [7, 11) is 0. The van der Waals surface area contributed by atoms with Gasteiger partial charge in [0.2, 0.25) is 0 Å². The maximum atomic E-state index is 12.5. The van der Waals surface area contributed by atoms with Crippen molar-refractivity contribution in [2.45, 2.75) is 43.8 Å². The van der Waals surface area contributed by atoms with Gasteiger partial charge in [0.15, 0.2) is 0 Å². The largest absolute Gasteiger partial charge is 0.392 e. The van der Waals surface area contributed by atoms with Gasteiger partial charge >= 0.3 is 0 Å². The summed E-state index contributed by atoms with van der Waals surface area (Å²) in [5.74, 6) is -0.520. The molecule has 0 aliphatic heterocycles. The Morgan fingerprint density at radius 2 is 2.05 bits per heavy atom. The standard InChI is InChI=1S/C16H22ClNO3S/c1-3-12(18-21-8-4-7-17)15-13(19)9-11(10-14(15)20)16(22-2)5-6-16/h4,7,11,15H,3,5-6,8-10H2,1-2H3/b7-4+,18-12-. The third-order valence-corrected chi connectivity index (χ3v) is 6.30. The highest BCUT2D eigenvalue weighted by Gasteiger charge is 2.53. The van der Waals surface area contributed by atoms with Crippen LogP contribution in [0.4, 0.5) is 0 Å². The Labute approximate surface area is 140 Å². The summed E-state index contributed by atoms with van der Waals surface area (Å²) in [6.07, 6.45) is 7.42. The molecule has 0 aromatic heterocycles. The van der Waals surface area contributed by atoms with Crippen LogP contribution in [0.2, 0.25) is 0 Å². The molecule has 0 unspecified atom stereocenters. The molecule has 6 heteroatoms. The van der Waals surface area contributed by atoms with Crippen molar-refractivity contribution in [3.63, 3.8) is 0 Å². The molecule has 2 rings (SSSR count). The maximum absolute atomic E-state index is 12.5. The second-order valence-corrected chi connectivity index (χ2v) is 7.31. The molecular weight excluding hydrogens is 322 g/mol. The van der Waals surface area contributed by atoms with Gasteiger partial charge in [-0.1, -0.05) is 23.7 Å². The molecule has 0 bridgehead atoms. The second-order valence-electron chi connectivity index (χ2n) is 5.83. The van der Waals surface area contributed by atoms with E-state index in [1.165, 1.54) is 5.54 Å². The van der Waals surface area contributed by atoms with Crippen LogP contribution in [0.25, 0.3) is 0 Å². The minimum Gasteiger partial charge on any atom is -0.392 e. The summed E-state index contributed by atoms with van der Waals surface area (Å²) in [5.41, 5.74) is 1.88. The minimum absolute atomic E-state index is 0.00124. The lowest BCUT2D eigenvalue weighted by molar-refractivity contribution is -0.134. The second kappa shape index (κ2) is 7.64. The molecular formula is C16H22ClNO3S. The summed E-state index contributed by atoms with van der Waals surface area (Å²) in [6.45, 7) is 2.12. The molecule has 0 radical (unpaired) electrons. The van der Waals surface area contributed by atoms with E-state index in [2.05, 4.69) is 11.4 Å². The van der Waals surface area contributed by atoms with E-state index in [1.807, 2.05) is 6.92 Å². The molecule has 2 aliphatic rings. The maximum Gasteiger partial charge on any atom is 0.149 e. The lowest BCUT2D eigenvalue weighted by atomic mass is 9.75. The Bertz CT molecular complexity index is 482. The third-order valence-electron chi connectivity index (χ3n) is 4.57. The fourth-order valence-electron chi connectivity index (χ4n) is 3.14. The van der Waals surface area contributed by atoms with E-state index >= 15 is 0 Å². The Hall–Kier alpha value is -0.810. The van der Waals surface area contributed by atoms with Crippen LogP contribution >= 0.6 is 23.4 Å². The van der Waals surface area contributed by atoms with Crippen LogP contribution in [-0.4, -0.2) is 34.9 Å². The molecule has 2 aliphatic carbocycles. The number of thioether (sulfide) groups is 1. The van der Waals surface area contributed by atoms with Crippen molar-refractivity contribution < 1.29 is 14.4 Å². The zero-order valence-electron chi connectivity index (χ0n) is 13.0. The van der Waals surface area contributed by atoms with E-state index in [4.69, 9.17) is 16.4 Å². The summed E-state index contributed by atoms with van der Waals surface area (Å²) >= 11 is 7.21. The van der Waals surface area contributed by atoms with E-state index in [0.29, 0.717) is 25.0 Å². The Balaban J connectivity index is 2.05. The molecule has 2 saturated carbocycles. The fourth-order valence-corrected chi connectivity index (χ4v) is 4.22. The zero-order chi connectivity index (χ0) is 16.2. The van der Waals surface area contributed by atoms with Gasteiger partial charge in [-0.3, -0.25) is 9.59 Å². The Kier molecular flexibility index (Phi) is 6.09. The van der Waals surface area contributed by atoms with Gasteiger partial charge in [-0.15, -0.1) is 0 Å². The van der Waals surface area contributed by atoms with E-state index in [-0.39, 0.29) is 28.8 Å². The molecule has 22 heavy (non-hydrogen) atoms. The third kappa shape index (κ3) is 3.74. The van der Waals surface area contributed by atoms with Gasteiger partial charge in [-0.2, -0.15) is 11.8 Å². The predicted octanol–water partition coefficient (Wildman–Crippen LogP) is 3.58. The first kappa shape index (κ1) is 17.5. The van der Waals surface area contributed by atoms with Crippen molar-refractivity contribution in [2.75, 3.05) is 12.9 Å². The normalized spacial score (nSPS) is 28.2. The highest BCUT2D eigenvalue weighted by Crippen LogP contribution is 2.56. The Morgan fingerprint density at radius 1 is 1.41 bits per heavy atom. The summed E-state index contributed by atoms with van der Waals surface area (Å²) < 4.78 is 0.168. The average molecular weight is 344 g/mol. The van der Waals surface area contributed by atoms with Crippen molar-refractivity contribution in [3.05, 3.63) is 11.6 Å². The van der Waals surface area contributed by atoms with Crippen LogP contribution in [0, 0.1) is 11.8 Å². The first-order chi connectivity index (χ1) is 10.6. The SMILES string of the molecule is CC/C(=N/OC/C=C/Cl)C1C(=O)CC(C2(SC)CC2)CC1=O. The number of hydrogen-bond acceptors (Lipinski definition) is 5. The van der Waals surface area contributed by atoms with E-state index in [0.717, 1.165) is 12.8 Å². The number of hydrogen-bond donors (Lipinski definition) is 0. The lowest BCUT2D eigenvalue weighted by Gasteiger charge is -2.31. The highest BCUT2D eigenvalue weighted by molar-refractivity contribution is 8.00. The predicted molar refractivity (Wildman–Crippen MR) is 90.4 cm³/mol. The average Bonchev–Trinajstić information content (AvgIpc) is 3.30. The van der Waals surface area contributed by atoms with Crippen LogP contribution in [-0.2, 0) is 14.4 Å². The van der Waals surface area contributed by atoms with Crippen LogP contribution in [0.15, 0.2) is 16.8 Å². The number of carbonyl (C=O) groups is 2. The monoisotopic (exact) mass is 343 g/mol. The number of ketones is 2. The van der Waals surface area contributed by atoms with Gasteiger partial charge in [-0.25, -0.2) is 0 Å². The smallest absolute Gasteiger partial charge is 0.149 e. The number of carbonyl (C=O) groups excluding carboxylic acids is 2. The van der Waals surface area contributed by atoms with Crippen molar-refractivity contribution in [2.24, 2.45) is 17.0 Å². The molecule has 0 saturated heterocycles.